The molecule has 0 aromatic carbocycles. The van der Waals surface area contributed by atoms with Gasteiger partial charge in [-0.2, -0.15) is 0 Å². The molecule has 0 saturated heterocycles. The standard InChI is InChI=1S/C10H15NO3/c1-3-8(7(2)12)6-11-9(13)4-5-10(11)14/h4-5,7-8,12H,3,6H2,1-2H3. The van der Waals surface area contributed by atoms with Crippen molar-refractivity contribution >= 4 is 11.8 Å². The van der Waals surface area contributed by atoms with Gasteiger partial charge in [0.05, 0.1) is 6.10 Å². The second-order valence-corrected chi connectivity index (χ2v) is 3.53. The third kappa shape index (κ3) is 2.20. The molecule has 4 nitrogen and oxygen atoms in total. The molecule has 1 heterocycles. The van der Waals surface area contributed by atoms with Crippen molar-refractivity contribution in [3.8, 4) is 0 Å². The molecule has 1 rings (SSSR count). The second kappa shape index (κ2) is 4.37. The van der Waals surface area contributed by atoms with Crippen molar-refractivity contribution in [1.82, 2.24) is 4.90 Å². The van der Waals surface area contributed by atoms with Gasteiger partial charge in [0.25, 0.3) is 11.8 Å². The van der Waals surface area contributed by atoms with Gasteiger partial charge < -0.3 is 5.11 Å². The van der Waals surface area contributed by atoms with Gasteiger partial charge in [0.15, 0.2) is 0 Å². The molecular weight excluding hydrogens is 182 g/mol. The van der Waals surface area contributed by atoms with E-state index in [2.05, 4.69) is 0 Å². The van der Waals surface area contributed by atoms with Gasteiger partial charge in [-0.15, -0.1) is 0 Å². The predicted molar refractivity (Wildman–Crippen MR) is 51.3 cm³/mol. The van der Waals surface area contributed by atoms with E-state index in [1.165, 1.54) is 17.1 Å². The molecule has 1 N–H and O–H groups in total. The fraction of sp³-hybridized carbons (Fsp3) is 0.600. The Labute approximate surface area is 83.2 Å². The number of carbonyl (C=O) groups is 2. The van der Waals surface area contributed by atoms with Crippen molar-refractivity contribution in [1.29, 1.82) is 0 Å². The Kier molecular flexibility index (Phi) is 3.41. The van der Waals surface area contributed by atoms with Gasteiger partial charge in [-0.05, 0) is 13.3 Å². The first-order valence-corrected chi connectivity index (χ1v) is 4.77. The molecule has 0 aromatic rings. The lowest BCUT2D eigenvalue weighted by atomic mass is 10.0. The molecule has 0 bridgehead atoms. The van der Waals surface area contributed by atoms with E-state index in [9.17, 15) is 14.7 Å². The minimum Gasteiger partial charge on any atom is -0.393 e. The highest BCUT2D eigenvalue weighted by Gasteiger charge is 2.27. The first kappa shape index (κ1) is 10.9. The summed E-state index contributed by atoms with van der Waals surface area (Å²) in [6.45, 7) is 3.90. The molecule has 1 aliphatic rings. The van der Waals surface area contributed by atoms with Crippen LogP contribution >= 0.6 is 0 Å². The average Bonchev–Trinajstić information content (AvgIpc) is 2.43. The number of imide groups is 1. The van der Waals surface area contributed by atoms with E-state index in [0.717, 1.165) is 6.42 Å². The van der Waals surface area contributed by atoms with Crippen LogP contribution in [0.1, 0.15) is 20.3 Å². The molecule has 1 aliphatic heterocycles. The largest absolute Gasteiger partial charge is 0.393 e. The molecule has 0 saturated carbocycles. The summed E-state index contributed by atoms with van der Waals surface area (Å²) in [6.07, 6.45) is 2.77. The maximum absolute atomic E-state index is 11.2. The van der Waals surface area contributed by atoms with Gasteiger partial charge in [0, 0.05) is 24.6 Å². The number of nitrogens with zero attached hydrogens (tertiary/aromatic N) is 1. The van der Waals surface area contributed by atoms with Crippen LogP contribution in [0.5, 0.6) is 0 Å². The maximum Gasteiger partial charge on any atom is 0.253 e. The number of amides is 2. The monoisotopic (exact) mass is 197 g/mol. The number of aliphatic hydroxyl groups excluding tert-OH is 1. The normalized spacial score (nSPS) is 20.4. The Bertz CT molecular complexity index is 253. The van der Waals surface area contributed by atoms with Gasteiger partial charge in [0.2, 0.25) is 0 Å². The molecular formula is C10H15NO3. The lowest BCUT2D eigenvalue weighted by molar-refractivity contribution is -0.138. The number of hydrogen-bond donors (Lipinski definition) is 1. The molecule has 0 aromatic heterocycles. The van der Waals surface area contributed by atoms with Gasteiger partial charge in [-0.1, -0.05) is 6.92 Å². The van der Waals surface area contributed by atoms with Gasteiger partial charge in [0.1, 0.15) is 0 Å². The highest BCUT2D eigenvalue weighted by molar-refractivity contribution is 6.12. The van der Waals surface area contributed by atoms with Crippen LogP contribution in [-0.4, -0.2) is 34.5 Å². The first-order chi connectivity index (χ1) is 6.56. The molecule has 0 spiro atoms. The summed E-state index contributed by atoms with van der Waals surface area (Å²) < 4.78 is 0. The van der Waals surface area contributed by atoms with Crippen molar-refractivity contribution in [3.05, 3.63) is 12.2 Å². The minimum absolute atomic E-state index is 0.0391. The Hall–Kier alpha value is -1.16. The van der Waals surface area contributed by atoms with E-state index < -0.39 is 6.10 Å². The van der Waals surface area contributed by atoms with Crippen molar-refractivity contribution in [2.45, 2.75) is 26.4 Å². The third-order valence-electron chi connectivity index (χ3n) is 2.52. The highest BCUT2D eigenvalue weighted by atomic mass is 16.3. The molecule has 2 unspecified atom stereocenters. The molecule has 2 amide bonds. The van der Waals surface area contributed by atoms with Crippen LogP contribution in [-0.2, 0) is 9.59 Å². The summed E-state index contributed by atoms with van der Waals surface area (Å²) >= 11 is 0. The average molecular weight is 197 g/mol. The van der Waals surface area contributed by atoms with E-state index in [4.69, 9.17) is 0 Å². The van der Waals surface area contributed by atoms with E-state index >= 15 is 0 Å². The Morgan fingerprint density at radius 3 is 2.21 bits per heavy atom. The molecule has 0 radical (unpaired) electrons. The highest BCUT2D eigenvalue weighted by Crippen LogP contribution is 2.14. The van der Waals surface area contributed by atoms with Crippen LogP contribution in [0.25, 0.3) is 0 Å². The van der Waals surface area contributed by atoms with E-state index in [-0.39, 0.29) is 17.7 Å². The number of hydrogen-bond acceptors (Lipinski definition) is 3. The fourth-order valence-corrected chi connectivity index (χ4v) is 1.47. The summed E-state index contributed by atoms with van der Waals surface area (Å²) in [5, 5.41) is 9.38. The van der Waals surface area contributed by atoms with Crippen molar-refractivity contribution in [2.24, 2.45) is 5.92 Å². The molecule has 4 heteroatoms. The zero-order valence-corrected chi connectivity index (χ0v) is 8.43. The summed E-state index contributed by atoms with van der Waals surface area (Å²) in [7, 11) is 0. The van der Waals surface area contributed by atoms with Crippen LogP contribution in [0.15, 0.2) is 12.2 Å². The van der Waals surface area contributed by atoms with Gasteiger partial charge >= 0.3 is 0 Å². The van der Waals surface area contributed by atoms with Crippen molar-refractivity contribution in [3.63, 3.8) is 0 Å². The van der Waals surface area contributed by atoms with Gasteiger partial charge in [-0.3, -0.25) is 14.5 Å². The fourth-order valence-electron chi connectivity index (χ4n) is 1.47. The molecule has 0 aliphatic carbocycles. The maximum atomic E-state index is 11.2. The third-order valence-corrected chi connectivity index (χ3v) is 2.52. The van der Waals surface area contributed by atoms with Crippen LogP contribution in [0, 0.1) is 5.92 Å². The molecule has 78 valence electrons. The van der Waals surface area contributed by atoms with E-state index in [1.807, 2.05) is 6.92 Å². The van der Waals surface area contributed by atoms with Crippen LogP contribution in [0.4, 0.5) is 0 Å². The van der Waals surface area contributed by atoms with Crippen LogP contribution in [0.3, 0.4) is 0 Å². The Morgan fingerprint density at radius 1 is 1.36 bits per heavy atom. The van der Waals surface area contributed by atoms with Gasteiger partial charge in [-0.25, -0.2) is 0 Å². The zero-order chi connectivity index (χ0) is 10.7. The molecule has 2 atom stereocenters. The van der Waals surface area contributed by atoms with Crippen LogP contribution < -0.4 is 0 Å². The molecule has 14 heavy (non-hydrogen) atoms. The number of aliphatic hydroxyl groups is 1. The summed E-state index contributed by atoms with van der Waals surface area (Å²) in [5.74, 6) is -0.606. The first-order valence-electron chi connectivity index (χ1n) is 4.77. The lowest BCUT2D eigenvalue weighted by Crippen LogP contribution is -2.37. The summed E-state index contributed by atoms with van der Waals surface area (Å²) in [6, 6.07) is 0. The van der Waals surface area contributed by atoms with Crippen LogP contribution in [0.2, 0.25) is 0 Å². The summed E-state index contributed by atoms with van der Waals surface area (Å²) in [5.41, 5.74) is 0. The smallest absolute Gasteiger partial charge is 0.253 e. The lowest BCUT2D eigenvalue weighted by Gasteiger charge is -2.23. The van der Waals surface area contributed by atoms with E-state index in [0.29, 0.717) is 6.54 Å². The summed E-state index contributed by atoms with van der Waals surface area (Å²) in [4.78, 5) is 23.6. The quantitative estimate of drug-likeness (QED) is 0.660. The SMILES string of the molecule is CCC(CN1C(=O)C=CC1=O)C(C)O. The number of rotatable bonds is 4. The Morgan fingerprint density at radius 2 is 1.86 bits per heavy atom. The predicted octanol–water partition coefficient (Wildman–Crippen LogP) is 0.318. The second-order valence-electron chi connectivity index (χ2n) is 3.53. The number of carbonyl (C=O) groups excluding carboxylic acids is 2. The molecule has 0 fully saturated rings. The van der Waals surface area contributed by atoms with Crippen molar-refractivity contribution < 1.29 is 14.7 Å². The Balaban J connectivity index is 2.59. The zero-order valence-electron chi connectivity index (χ0n) is 8.43. The van der Waals surface area contributed by atoms with E-state index in [1.54, 1.807) is 6.92 Å². The minimum atomic E-state index is -0.499. The van der Waals surface area contributed by atoms with Crippen molar-refractivity contribution in [2.75, 3.05) is 6.54 Å². The topological polar surface area (TPSA) is 57.6 Å².